The highest BCUT2D eigenvalue weighted by molar-refractivity contribution is 5.87. The van der Waals surface area contributed by atoms with Crippen LogP contribution in [0.5, 0.6) is 0 Å². The summed E-state index contributed by atoms with van der Waals surface area (Å²) in [6.45, 7) is 3.08. The van der Waals surface area contributed by atoms with Crippen LogP contribution >= 0.6 is 0 Å². The standard InChI is InChI=1S/2C7H8N2O3/c1-5-6(7(10)12-2)8-3-4-9(5)11;1-5-6(7(10)12-2)9(11)4-3-8-5/h2*3-4H,1-2H3. The lowest BCUT2D eigenvalue weighted by molar-refractivity contribution is -0.613. The van der Waals surface area contributed by atoms with Gasteiger partial charge in [0, 0.05) is 6.92 Å². The molecule has 128 valence electrons. The maximum Gasteiger partial charge on any atom is 0.406 e. The first-order valence-electron chi connectivity index (χ1n) is 6.59. The average Bonchev–Trinajstić information content (AvgIpc) is 2.57. The normalized spacial score (nSPS) is 9.50. The van der Waals surface area contributed by atoms with Gasteiger partial charge < -0.3 is 19.9 Å². The lowest BCUT2D eigenvalue weighted by Crippen LogP contribution is -2.36. The summed E-state index contributed by atoms with van der Waals surface area (Å²) >= 11 is 0. The molecule has 10 heteroatoms. The molecule has 0 fully saturated rings. The van der Waals surface area contributed by atoms with E-state index in [9.17, 15) is 20.0 Å². The van der Waals surface area contributed by atoms with Crippen LogP contribution < -0.4 is 9.46 Å². The third-order valence-electron chi connectivity index (χ3n) is 2.87. The van der Waals surface area contributed by atoms with Gasteiger partial charge in [0.2, 0.25) is 11.4 Å². The van der Waals surface area contributed by atoms with E-state index in [0.29, 0.717) is 15.2 Å². The van der Waals surface area contributed by atoms with Gasteiger partial charge in [0.1, 0.15) is 5.69 Å². The van der Waals surface area contributed by atoms with Crippen molar-refractivity contribution in [3.05, 3.63) is 58.0 Å². The van der Waals surface area contributed by atoms with E-state index in [2.05, 4.69) is 19.4 Å². The molecule has 0 bridgehead atoms. The summed E-state index contributed by atoms with van der Waals surface area (Å²) in [7, 11) is 2.46. The molecule has 24 heavy (non-hydrogen) atoms. The molecular formula is C14H16N4O6. The number of aromatic nitrogens is 4. The highest BCUT2D eigenvalue weighted by Gasteiger charge is 2.20. The molecule has 0 aromatic carbocycles. The quantitative estimate of drug-likeness (QED) is 0.412. The molecule has 0 atom stereocenters. The highest BCUT2D eigenvalue weighted by Crippen LogP contribution is 1.99. The molecule has 2 aromatic heterocycles. The van der Waals surface area contributed by atoms with Crippen molar-refractivity contribution < 1.29 is 28.5 Å². The minimum absolute atomic E-state index is 0.0509. The van der Waals surface area contributed by atoms with E-state index >= 15 is 0 Å². The van der Waals surface area contributed by atoms with Gasteiger partial charge in [0.25, 0.3) is 0 Å². The van der Waals surface area contributed by atoms with E-state index < -0.39 is 11.9 Å². The van der Waals surface area contributed by atoms with Crippen molar-refractivity contribution in [3.8, 4) is 0 Å². The topological polar surface area (TPSA) is 132 Å². The Morgan fingerprint density at radius 1 is 0.958 bits per heavy atom. The van der Waals surface area contributed by atoms with Gasteiger partial charge in [-0.15, -0.1) is 0 Å². The first kappa shape index (κ1) is 18.7. The molecular weight excluding hydrogens is 320 g/mol. The third-order valence-corrected chi connectivity index (χ3v) is 2.87. The fourth-order valence-corrected chi connectivity index (χ4v) is 1.61. The maximum atomic E-state index is 11.0. The molecule has 10 nitrogen and oxygen atoms in total. The number of aryl methyl sites for hydroxylation is 1. The van der Waals surface area contributed by atoms with Gasteiger partial charge >= 0.3 is 17.6 Å². The Bertz CT molecular complexity index is 730. The van der Waals surface area contributed by atoms with Crippen LogP contribution in [0, 0.1) is 24.3 Å². The van der Waals surface area contributed by atoms with Crippen LogP contribution in [0.3, 0.4) is 0 Å². The summed E-state index contributed by atoms with van der Waals surface area (Å²) in [6, 6.07) is 0. The van der Waals surface area contributed by atoms with Gasteiger partial charge in [0.15, 0.2) is 12.4 Å². The monoisotopic (exact) mass is 336 g/mol. The summed E-state index contributed by atoms with van der Waals surface area (Å²) in [5.41, 5.74) is 0.582. The van der Waals surface area contributed by atoms with Crippen molar-refractivity contribution in [1.29, 1.82) is 0 Å². The lowest BCUT2D eigenvalue weighted by atomic mass is 10.3. The van der Waals surface area contributed by atoms with Crippen molar-refractivity contribution in [3.63, 3.8) is 0 Å². The molecule has 2 aromatic rings. The number of carbonyl (C=O) groups excluding carboxylic acids is 2. The third kappa shape index (κ3) is 4.35. The fraction of sp³-hybridized carbons (Fsp3) is 0.286. The van der Waals surface area contributed by atoms with Crippen LogP contribution in [0.4, 0.5) is 0 Å². The molecule has 0 amide bonds. The van der Waals surface area contributed by atoms with E-state index in [1.165, 1.54) is 39.7 Å². The van der Waals surface area contributed by atoms with Gasteiger partial charge in [-0.2, -0.15) is 9.46 Å². The Balaban J connectivity index is 0.000000240. The van der Waals surface area contributed by atoms with Crippen molar-refractivity contribution >= 4 is 11.9 Å². The van der Waals surface area contributed by atoms with Gasteiger partial charge in [-0.25, -0.2) is 19.6 Å². The second-order valence-corrected chi connectivity index (χ2v) is 4.36. The predicted octanol–water partition coefficient (Wildman–Crippen LogP) is -0.380. The van der Waals surface area contributed by atoms with E-state index in [4.69, 9.17) is 0 Å². The summed E-state index contributed by atoms with van der Waals surface area (Å²) in [4.78, 5) is 29.4. The number of hydrogen-bond donors (Lipinski definition) is 0. The largest absolute Gasteiger partial charge is 0.618 e. The Morgan fingerprint density at radius 3 is 2.04 bits per heavy atom. The SMILES string of the molecule is COC(=O)c1c(C)ncc[n+]1[O-].COC(=O)c1ncc[n+]([O-])c1C. The Morgan fingerprint density at radius 2 is 1.50 bits per heavy atom. The van der Waals surface area contributed by atoms with Crippen LogP contribution in [0.15, 0.2) is 24.8 Å². The van der Waals surface area contributed by atoms with E-state index in [0.717, 1.165) is 6.20 Å². The molecule has 0 saturated heterocycles. The number of hydrogen-bond acceptors (Lipinski definition) is 8. The summed E-state index contributed by atoms with van der Waals surface area (Å²) < 4.78 is 9.82. The van der Waals surface area contributed by atoms with E-state index in [1.807, 2.05) is 0 Å². The number of rotatable bonds is 2. The molecule has 0 radical (unpaired) electrons. The number of nitrogens with zero attached hydrogens (tertiary/aromatic N) is 4. The second-order valence-electron chi connectivity index (χ2n) is 4.36. The van der Waals surface area contributed by atoms with Crippen molar-refractivity contribution in [2.24, 2.45) is 0 Å². The summed E-state index contributed by atoms with van der Waals surface area (Å²) in [5.74, 6) is -1.27. The Labute approximate surface area is 137 Å². The number of esters is 2. The van der Waals surface area contributed by atoms with Crippen LogP contribution in [-0.2, 0) is 9.47 Å². The number of methoxy groups -OCH3 is 2. The van der Waals surface area contributed by atoms with Gasteiger partial charge in [-0.05, 0) is 6.92 Å². The van der Waals surface area contributed by atoms with E-state index in [1.54, 1.807) is 6.92 Å². The minimum Gasteiger partial charge on any atom is -0.618 e. The van der Waals surface area contributed by atoms with Crippen molar-refractivity contribution in [2.45, 2.75) is 13.8 Å². The van der Waals surface area contributed by atoms with Gasteiger partial charge in [-0.1, -0.05) is 0 Å². The van der Waals surface area contributed by atoms with Crippen LogP contribution in [0.25, 0.3) is 0 Å². The van der Waals surface area contributed by atoms with Gasteiger partial charge in [-0.3, -0.25) is 0 Å². The zero-order valence-corrected chi connectivity index (χ0v) is 13.5. The number of ether oxygens (including phenoxy) is 2. The molecule has 0 N–H and O–H groups in total. The lowest BCUT2D eigenvalue weighted by Gasteiger charge is -2.02. The molecule has 0 aliphatic carbocycles. The molecule has 0 aliphatic rings. The zero-order chi connectivity index (χ0) is 18.3. The molecule has 2 heterocycles. The predicted molar refractivity (Wildman–Crippen MR) is 78.5 cm³/mol. The number of carbonyl (C=O) groups is 2. The summed E-state index contributed by atoms with van der Waals surface area (Å²) in [6.07, 6.45) is 4.96. The van der Waals surface area contributed by atoms with Crippen LogP contribution in [-0.4, -0.2) is 36.1 Å². The zero-order valence-electron chi connectivity index (χ0n) is 13.5. The highest BCUT2D eigenvalue weighted by atomic mass is 16.5. The molecule has 0 aliphatic heterocycles. The fourth-order valence-electron chi connectivity index (χ4n) is 1.61. The first-order valence-corrected chi connectivity index (χ1v) is 6.59. The van der Waals surface area contributed by atoms with Gasteiger partial charge in [0.05, 0.1) is 26.6 Å². The molecule has 0 unspecified atom stereocenters. The van der Waals surface area contributed by atoms with Crippen LogP contribution in [0.2, 0.25) is 0 Å². The van der Waals surface area contributed by atoms with Crippen molar-refractivity contribution in [2.75, 3.05) is 14.2 Å². The second kappa shape index (κ2) is 8.36. The van der Waals surface area contributed by atoms with E-state index in [-0.39, 0.29) is 17.1 Å². The molecule has 2 rings (SSSR count). The minimum atomic E-state index is -0.671. The van der Waals surface area contributed by atoms with Crippen molar-refractivity contribution in [1.82, 2.24) is 9.97 Å². The first-order chi connectivity index (χ1) is 11.3. The average molecular weight is 336 g/mol. The summed E-state index contributed by atoms with van der Waals surface area (Å²) in [5, 5.41) is 21.9. The Kier molecular flexibility index (Phi) is 6.53. The maximum absolute atomic E-state index is 11.0. The molecule has 0 spiro atoms. The molecule has 0 saturated carbocycles. The van der Waals surface area contributed by atoms with Crippen LogP contribution in [0.1, 0.15) is 32.4 Å². The smallest absolute Gasteiger partial charge is 0.406 e. The Hall–Kier alpha value is -3.30.